The number of carboxylic acid groups (broad SMARTS) is 1. The van der Waals surface area contributed by atoms with E-state index in [0.29, 0.717) is 0 Å². The monoisotopic (exact) mass is 361 g/mol. The summed E-state index contributed by atoms with van der Waals surface area (Å²) in [6.45, 7) is 2.23. The van der Waals surface area contributed by atoms with Crippen LogP contribution in [0.2, 0.25) is 0 Å². The third-order valence-corrected chi connectivity index (χ3v) is 5.47. The molecule has 0 atom stereocenters. The molecule has 3 rings (SSSR count). The summed E-state index contributed by atoms with van der Waals surface area (Å²) in [6.07, 6.45) is 2.01. The third kappa shape index (κ3) is 4.12. The molecule has 0 unspecified atom stereocenters. The molecule has 1 heterocycles. The molecule has 24 heavy (non-hydrogen) atoms. The van der Waals surface area contributed by atoms with E-state index >= 15 is 0 Å². The molecule has 7 heteroatoms. The topological polar surface area (TPSA) is 59.0 Å². The first-order valence-corrected chi connectivity index (χ1v) is 8.80. The summed E-state index contributed by atoms with van der Waals surface area (Å²) in [7, 11) is 0. The lowest BCUT2D eigenvalue weighted by atomic mass is 10.2. The van der Waals surface area contributed by atoms with E-state index in [9.17, 15) is 4.79 Å². The Kier molecular flexibility index (Phi) is 5.47. The molecule has 0 saturated carbocycles. The van der Waals surface area contributed by atoms with E-state index in [4.69, 9.17) is 14.8 Å². The van der Waals surface area contributed by atoms with Gasteiger partial charge in [0.25, 0.3) is 0 Å². The van der Waals surface area contributed by atoms with Crippen molar-refractivity contribution < 1.29 is 19.6 Å². The van der Waals surface area contributed by atoms with Gasteiger partial charge in [0.15, 0.2) is 0 Å². The van der Waals surface area contributed by atoms with Crippen LogP contribution in [0.15, 0.2) is 68.6 Å². The van der Waals surface area contributed by atoms with Crippen LogP contribution in [-0.2, 0) is 9.68 Å². The number of rotatable bonds is 6. The molecule has 2 aromatic rings. The number of hydrogen-bond donors (Lipinski definition) is 1. The number of carboxylic acids is 1. The van der Waals surface area contributed by atoms with Crippen molar-refractivity contribution >= 4 is 35.2 Å². The van der Waals surface area contributed by atoms with Crippen LogP contribution in [0.3, 0.4) is 0 Å². The Balaban J connectivity index is 1.71. The number of hydrogen-bond acceptors (Lipinski definition) is 6. The van der Waals surface area contributed by atoms with Gasteiger partial charge in [-0.25, -0.2) is 14.5 Å². The quantitative estimate of drug-likeness (QED) is 0.744. The van der Waals surface area contributed by atoms with Gasteiger partial charge >= 0.3 is 5.97 Å². The number of anilines is 1. The summed E-state index contributed by atoms with van der Waals surface area (Å²) in [4.78, 5) is 23.3. The van der Waals surface area contributed by atoms with Crippen LogP contribution in [0.1, 0.15) is 17.3 Å². The molecule has 1 aliphatic heterocycles. The fraction of sp³-hybridized carbons (Fsp3) is 0.118. The van der Waals surface area contributed by atoms with Crippen molar-refractivity contribution in [1.82, 2.24) is 0 Å². The maximum absolute atomic E-state index is 11.1. The van der Waals surface area contributed by atoms with Gasteiger partial charge in [0, 0.05) is 14.0 Å². The number of aromatic carboxylic acids is 1. The van der Waals surface area contributed by atoms with Crippen molar-refractivity contribution in [3.8, 4) is 0 Å². The zero-order valence-electron chi connectivity index (χ0n) is 12.8. The second-order valence-corrected chi connectivity index (χ2v) is 7.26. The van der Waals surface area contributed by atoms with E-state index in [1.807, 2.05) is 43.3 Å². The van der Waals surface area contributed by atoms with Gasteiger partial charge in [-0.2, -0.15) is 0 Å². The summed E-state index contributed by atoms with van der Waals surface area (Å²) in [5, 5.41) is 10.5. The minimum Gasteiger partial charge on any atom is -0.478 e. The average molecular weight is 361 g/mol. The summed E-state index contributed by atoms with van der Waals surface area (Å²) >= 11 is 3.14. The zero-order valence-corrected chi connectivity index (χ0v) is 14.5. The van der Waals surface area contributed by atoms with Gasteiger partial charge in [-0.3, -0.25) is 0 Å². The molecule has 0 aliphatic carbocycles. The molecular formula is C17H15NO4S2. The fourth-order valence-corrected chi connectivity index (χ4v) is 4.08. The van der Waals surface area contributed by atoms with Gasteiger partial charge < -0.3 is 5.11 Å². The second kappa shape index (κ2) is 7.76. The number of allylic oxidation sites excluding steroid dienone is 1. The first-order chi connectivity index (χ1) is 11.7. The van der Waals surface area contributed by atoms with Crippen molar-refractivity contribution in [3.63, 3.8) is 0 Å². The zero-order chi connectivity index (χ0) is 16.9. The van der Waals surface area contributed by atoms with Crippen molar-refractivity contribution in [2.24, 2.45) is 0 Å². The highest BCUT2D eigenvalue weighted by molar-refractivity contribution is 8.22. The lowest BCUT2D eigenvalue weighted by molar-refractivity contribution is -0.277. The third-order valence-electron chi connectivity index (χ3n) is 3.12. The van der Waals surface area contributed by atoms with E-state index < -0.39 is 5.97 Å². The lowest BCUT2D eigenvalue weighted by Crippen LogP contribution is -2.36. The Morgan fingerprint density at radius 3 is 2.38 bits per heavy atom. The Morgan fingerprint density at radius 1 is 1.12 bits per heavy atom. The molecular weight excluding hydrogens is 346 g/mol. The van der Waals surface area contributed by atoms with Gasteiger partial charge in [0.05, 0.1) is 11.3 Å². The predicted molar refractivity (Wildman–Crippen MR) is 94.8 cm³/mol. The summed E-state index contributed by atoms with van der Waals surface area (Å²) in [5.74, 6) is -0.922. The first kappa shape index (κ1) is 16.9. The standard InChI is InChI=1S/C17H15NO4S2/c1-2-16(23-14-7-3-5-12(9-14)17(19)20)24-15-8-4-6-13(10-15)18-21-11-22-18/h2-10H,11H2,1H3,(H,19,20)/b16-2-. The highest BCUT2D eigenvalue weighted by Crippen LogP contribution is 2.40. The van der Waals surface area contributed by atoms with Crippen molar-refractivity contribution in [3.05, 3.63) is 64.4 Å². The van der Waals surface area contributed by atoms with Gasteiger partial charge in [0.1, 0.15) is 0 Å². The van der Waals surface area contributed by atoms with Crippen LogP contribution in [0.5, 0.6) is 0 Å². The van der Waals surface area contributed by atoms with Gasteiger partial charge in [-0.05, 0) is 43.3 Å². The Hall–Kier alpha value is -1.93. The summed E-state index contributed by atoms with van der Waals surface area (Å²) in [5.41, 5.74) is 1.12. The minimum absolute atomic E-state index is 0.271. The van der Waals surface area contributed by atoms with Crippen molar-refractivity contribution in [2.45, 2.75) is 16.7 Å². The SMILES string of the molecule is C/C=C(/Sc1cccc(C(=O)O)c1)Sc1cccc(N2OCO2)c1. The predicted octanol–water partition coefficient (Wildman–Crippen LogP) is 4.77. The molecule has 1 N–H and O–H groups in total. The van der Waals surface area contributed by atoms with E-state index in [-0.39, 0.29) is 12.4 Å². The fourth-order valence-electron chi connectivity index (χ4n) is 1.98. The smallest absolute Gasteiger partial charge is 0.335 e. The molecule has 1 saturated heterocycles. The second-order valence-electron chi connectivity index (χ2n) is 4.78. The number of nitrogens with zero attached hydrogens (tertiary/aromatic N) is 1. The molecule has 0 aromatic heterocycles. The number of thioether (sulfide) groups is 2. The molecule has 0 amide bonds. The number of carbonyl (C=O) groups is 1. The molecule has 0 bridgehead atoms. The van der Waals surface area contributed by atoms with Gasteiger partial charge in [-0.1, -0.05) is 41.7 Å². The van der Waals surface area contributed by atoms with Crippen LogP contribution >= 0.6 is 23.5 Å². The van der Waals surface area contributed by atoms with E-state index in [1.54, 1.807) is 30.0 Å². The highest BCUT2D eigenvalue weighted by atomic mass is 32.2. The number of benzene rings is 2. The molecule has 0 radical (unpaired) electrons. The lowest BCUT2D eigenvalue weighted by Gasteiger charge is -2.29. The summed E-state index contributed by atoms with van der Waals surface area (Å²) < 4.78 is 1.06. The largest absolute Gasteiger partial charge is 0.478 e. The average Bonchev–Trinajstić information content (AvgIpc) is 2.53. The van der Waals surface area contributed by atoms with E-state index in [1.165, 1.54) is 17.0 Å². The van der Waals surface area contributed by atoms with Crippen LogP contribution in [0.4, 0.5) is 5.69 Å². The maximum atomic E-state index is 11.1. The Bertz CT molecular complexity index is 775. The van der Waals surface area contributed by atoms with Gasteiger partial charge in [-0.15, -0.1) is 5.23 Å². The molecule has 5 nitrogen and oxygen atoms in total. The van der Waals surface area contributed by atoms with Crippen molar-refractivity contribution in [1.29, 1.82) is 0 Å². The summed E-state index contributed by atoms with van der Waals surface area (Å²) in [6, 6.07) is 14.7. The maximum Gasteiger partial charge on any atom is 0.335 e. The molecule has 124 valence electrons. The molecule has 0 spiro atoms. The normalized spacial score (nSPS) is 14.4. The molecule has 1 aliphatic rings. The molecule has 2 aromatic carbocycles. The van der Waals surface area contributed by atoms with Crippen LogP contribution in [0, 0.1) is 0 Å². The first-order valence-electron chi connectivity index (χ1n) is 7.17. The van der Waals surface area contributed by atoms with E-state index in [2.05, 4.69) is 0 Å². The Labute approximate surface area is 148 Å². The van der Waals surface area contributed by atoms with Crippen molar-refractivity contribution in [2.75, 3.05) is 12.0 Å². The minimum atomic E-state index is -0.922. The van der Waals surface area contributed by atoms with Gasteiger partial charge in [0.2, 0.25) is 6.79 Å². The van der Waals surface area contributed by atoms with Crippen LogP contribution < -0.4 is 5.23 Å². The van der Waals surface area contributed by atoms with Crippen LogP contribution in [0.25, 0.3) is 0 Å². The highest BCUT2D eigenvalue weighted by Gasteiger charge is 2.17. The molecule has 1 fully saturated rings. The Morgan fingerprint density at radius 2 is 1.79 bits per heavy atom. The van der Waals surface area contributed by atoms with E-state index in [0.717, 1.165) is 19.7 Å². The van der Waals surface area contributed by atoms with Crippen LogP contribution in [-0.4, -0.2) is 17.9 Å².